The Morgan fingerprint density at radius 1 is 1.24 bits per heavy atom. The Balaban J connectivity index is 1.72. The van der Waals surface area contributed by atoms with Gasteiger partial charge in [-0.1, -0.05) is 54.1 Å². The highest BCUT2D eigenvalue weighted by Gasteiger charge is 2.32. The molecule has 1 aliphatic heterocycles. The molecule has 2 aromatic carbocycles. The summed E-state index contributed by atoms with van der Waals surface area (Å²) in [4.78, 5) is 25.2. The molecule has 12 heteroatoms. The molecule has 1 atom stereocenters. The largest absolute Gasteiger partial charge is 0.487 e. The monoisotopic (exact) mass is 576 g/mol. The quantitative estimate of drug-likeness (QED) is 0.118. The van der Waals surface area contributed by atoms with Crippen molar-refractivity contribution < 1.29 is 23.8 Å². The number of benzene rings is 2. The minimum atomic E-state index is -0.637. The van der Waals surface area contributed by atoms with Crippen molar-refractivity contribution in [1.82, 2.24) is 16.1 Å². The molecule has 0 radical (unpaired) electrons. The number of hydrogen-bond acceptors (Lipinski definition) is 7. The molecule has 3 N–H and O–H groups in total. The van der Waals surface area contributed by atoms with Gasteiger partial charge in [0.05, 0.1) is 29.5 Å². The average molecular weight is 577 g/mol. The van der Waals surface area contributed by atoms with Gasteiger partial charge in [-0.2, -0.15) is 5.10 Å². The Morgan fingerprint density at radius 2 is 2.00 bits per heavy atom. The fraction of sp³-hybridized carbons (Fsp3) is 0.231. The van der Waals surface area contributed by atoms with Crippen LogP contribution in [0.15, 0.2) is 65.4 Å². The smallest absolute Gasteiger partial charge is 0.338 e. The average Bonchev–Trinajstić information content (AvgIpc) is 2.86. The third-order valence-electron chi connectivity index (χ3n) is 5.13. The second kappa shape index (κ2) is 13.8. The van der Waals surface area contributed by atoms with Gasteiger partial charge in [0.2, 0.25) is 0 Å². The molecule has 0 saturated heterocycles. The number of halogens is 2. The van der Waals surface area contributed by atoms with E-state index < -0.39 is 17.9 Å². The van der Waals surface area contributed by atoms with Crippen molar-refractivity contribution >= 4 is 58.6 Å². The van der Waals surface area contributed by atoms with E-state index in [9.17, 15) is 9.59 Å². The predicted octanol–water partition coefficient (Wildman–Crippen LogP) is 4.44. The summed E-state index contributed by atoms with van der Waals surface area (Å²) in [5.41, 5.74) is 4.40. The molecule has 0 unspecified atom stereocenters. The Hall–Kier alpha value is -3.60. The summed E-state index contributed by atoms with van der Waals surface area (Å²) in [6.07, 6.45) is 2.93. The van der Waals surface area contributed by atoms with Gasteiger partial charge < -0.3 is 24.8 Å². The van der Waals surface area contributed by atoms with Gasteiger partial charge in [-0.05, 0) is 44.3 Å². The summed E-state index contributed by atoms with van der Waals surface area (Å²) < 4.78 is 16.6. The van der Waals surface area contributed by atoms with E-state index in [2.05, 4.69) is 27.7 Å². The van der Waals surface area contributed by atoms with Crippen molar-refractivity contribution in [3.8, 4) is 11.5 Å². The first kappa shape index (κ1) is 29.0. The number of carbonyl (C=O) groups is 2. The van der Waals surface area contributed by atoms with Gasteiger partial charge in [0.1, 0.15) is 18.1 Å². The lowest BCUT2D eigenvalue weighted by Crippen LogP contribution is -2.45. The van der Waals surface area contributed by atoms with Crippen LogP contribution in [0.25, 0.3) is 0 Å². The van der Waals surface area contributed by atoms with E-state index in [0.29, 0.717) is 49.1 Å². The van der Waals surface area contributed by atoms with E-state index in [1.807, 2.05) is 0 Å². The number of para-hydroxylation sites is 1. The van der Waals surface area contributed by atoms with E-state index in [1.54, 1.807) is 50.3 Å². The van der Waals surface area contributed by atoms with Crippen LogP contribution in [0.1, 0.15) is 31.0 Å². The molecule has 0 aromatic heterocycles. The van der Waals surface area contributed by atoms with Crippen LogP contribution in [-0.4, -0.2) is 43.0 Å². The van der Waals surface area contributed by atoms with E-state index in [-0.39, 0.29) is 19.8 Å². The molecular formula is C26H26Cl2N4O5S. The highest BCUT2D eigenvalue weighted by atomic mass is 35.5. The molecule has 0 spiro atoms. The fourth-order valence-electron chi connectivity index (χ4n) is 3.58. The van der Waals surface area contributed by atoms with Crippen LogP contribution in [0, 0.1) is 0 Å². The summed E-state index contributed by atoms with van der Waals surface area (Å²) in [6.45, 7) is 7.17. The number of nitrogens with zero attached hydrogens (tertiary/aromatic N) is 1. The molecule has 0 aliphatic carbocycles. The minimum absolute atomic E-state index is 0.217. The van der Waals surface area contributed by atoms with Gasteiger partial charge in [-0.15, -0.1) is 0 Å². The highest BCUT2D eigenvalue weighted by Crippen LogP contribution is 2.34. The summed E-state index contributed by atoms with van der Waals surface area (Å²) in [7, 11) is 0. The standard InChI is InChI=1S/C26H26Cl2N4O5S/c1-4-10-36-24-16(11-17(27)12-19(24)28)13-29-32-21(33)14-37-20-9-7-6-8-18(20)23-22(25(34)35-5-2)15(3)30-26(38)31-23/h4,6-9,11-13,23H,1,5,10,14H2,2-3H3,(H,32,33)(H2,30,31,38)/t23-/m1/s1. The molecule has 200 valence electrons. The zero-order chi connectivity index (χ0) is 27.7. The Bertz CT molecular complexity index is 1300. The summed E-state index contributed by atoms with van der Waals surface area (Å²) in [6, 6.07) is 9.51. The van der Waals surface area contributed by atoms with Crippen LogP contribution in [0.3, 0.4) is 0 Å². The summed E-state index contributed by atoms with van der Waals surface area (Å²) in [5.74, 6) is -0.279. The Labute approximate surface area is 235 Å². The fourth-order valence-corrected chi connectivity index (χ4v) is 4.41. The number of thiocarbonyl (C=S) groups is 1. The van der Waals surface area contributed by atoms with E-state index >= 15 is 0 Å². The lowest BCUT2D eigenvalue weighted by atomic mass is 9.95. The van der Waals surface area contributed by atoms with Crippen LogP contribution < -0.4 is 25.5 Å². The Morgan fingerprint density at radius 3 is 2.74 bits per heavy atom. The normalized spacial score (nSPS) is 14.9. The van der Waals surface area contributed by atoms with Crippen LogP contribution >= 0.6 is 35.4 Å². The summed E-state index contributed by atoms with van der Waals surface area (Å²) >= 11 is 17.6. The molecule has 0 bridgehead atoms. The van der Waals surface area contributed by atoms with Crippen molar-refractivity contribution in [3.63, 3.8) is 0 Å². The first-order valence-corrected chi connectivity index (χ1v) is 12.6. The minimum Gasteiger partial charge on any atom is -0.487 e. The number of hydrazone groups is 1. The van der Waals surface area contributed by atoms with Crippen molar-refractivity contribution in [1.29, 1.82) is 0 Å². The van der Waals surface area contributed by atoms with E-state index in [1.165, 1.54) is 12.3 Å². The van der Waals surface area contributed by atoms with E-state index in [4.69, 9.17) is 49.6 Å². The van der Waals surface area contributed by atoms with Gasteiger partial charge >= 0.3 is 5.97 Å². The van der Waals surface area contributed by atoms with Crippen molar-refractivity contribution in [2.45, 2.75) is 19.9 Å². The lowest BCUT2D eigenvalue weighted by molar-refractivity contribution is -0.139. The molecular weight excluding hydrogens is 551 g/mol. The zero-order valence-electron chi connectivity index (χ0n) is 20.7. The topological polar surface area (TPSA) is 110 Å². The van der Waals surface area contributed by atoms with Gasteiger partial charge in [-0.25, -0.2) is 10.2 Å². The maximum Gasteiger partial charge on any atom is 0.338 e. The molecule has 0 fully saturated rings. The van der Waals surface area contributed by atoms with Gasteiger partial charge in [0, 0.05) is 21.8 Å². The molecule has 1 heterocycles. The summed E-state index contributed by atoms with van der Waals surface area (Å²) in [5, 5.41) is 11.0. The number of allylic oxidation sites excluding steroid dienone is 1. The van der Waals surface area contributed by atoms with Gasteiger partial charge in [-0.3, -0.25) is 4.79 Å². The van der Waals surface area contributed by atoms with Crippen LogP contribution in [-0.2, 0) is 14.3 Å². The number of nitrogens with one attached hydrogen (secondary N) is 3. The second-order valence-corrected chi connectivity index (χ2v) is 9.07. The number of amides is 1. The molecule has 2 aromatic rings. The molecule has 0 saturated carbocycles. The lowest BCUT2D eigenvalue weighted by Gasteiger charge is -2.30. The Kier molecular flexibility index (Phi) is 10.5. The van der Waals surface area contributed by atoms with Crippen molar-refractivity contribution in [2.24, 2.45) is 5.10 Å². The predicted molar refractivity (Wildman–Crippen MR) is 151 cm³/mol. The highest BCUT2D eigenvalue weighted by molar-refractivity contribution is 7.80. The van der Waals surface area contributed by atoms with Crippen LogP contribution in [0.5, 0.6) is 11.5 Å². The number of ether oxygens (including phenoxy) is 3. The molecule has 1 amide bonds. The molecule has 38 heavy (non-hydrogen) atoms. The van der Waals surface area contributed by atoms with Gasteiger partial charge in [0.15, 0.2) is 11.7 Å². The third-order valence-corrected chi connectivity index (χ3v) is 5.85. The maximum atomic E-state index is 12.7. The second-order valence-electron chi connectivity index (χ2n) is 7.82. The number of rotatable bonds is 11. The first-order chi connectivity index (χ1) is 18.2. The number of esters is 1. The van der Waals surface area contributed by atoms with E-state index in [0.717, 1.165) is 0 Å². The zero-order valence-corrected chi connectivity index (χ0v) is 23.0. The molecule has 1 aliphatic rings. The maximum absolute atomic E-state index is 12.7. The van der Waals surface area contributed by atoms with Crippen molar-refractivity contribution in [3.05, 3.63) is 81.5 Å². The van der Waals surface area contributed by atoms with Crippen LogP contribution in [0.2, 0.25) is 10.0 Å². The molecule has 9 nitrogen and oxygen atoms in total. The number of hydrogen-bond donors (Lipinski definition) is 3. The third kappa shape index (κ3) is 7.47. The van der Waals surface area contributed by atoms with Gasteiger partial charge in [0.25, 0.3) is 5.91 Å². The van der Waals surface area contributed by atoms with Crippen LogP contribution in [0.4, 0.5) is 0 Å². The SMILES string of the molecule is C=CCOc1c(Cl)cc(Cl)cc1C=NNC(=O)COc1ccccc1[C@H]1NC(=S)NC(C)=C1C(=O)OCC. The number of carbonyl (C=O) groups excluding carboxylic acids is 2. The first-order valence-electron chi connectivity index (χ1n) is 11.5. The van der Waals surface area contributed by atoms with Crippen molar-refractivity contribution in [2.75, 3.05) is 19.8 Å². The molecule has 3 rings (SSSR count).